The molecule has 122 valence electrons. The van der Waals surface area contributed by atoms with Crippen molar-refractivity contribution in [2.45, 2.75) is 57.4 Å². The van der Waals surface area contributed by atoms with E-state index in [0.717, 1.165) is 50.5 Å². The van der Waals surface area contributed by atoms with Crippen LogP contribution in [0.5, 0.6) is 0 Å². The Morgan fingerprint density at radius 2 is 2.18 bits per heavy atom. The summed E-state index contributed by atoms with van der Waals surface area (Å²) < 4.78 is 1.97. The second-order valence-corrected chi connectivity index (χ2v) is 7.00. The van der Waals surface area contributed by atoms with Crippen molar-refractivity contribution in [1.29, 1.82) is 0 Å². The zero-order valence-electron chi connectivity index (χ0n) is 13.7. The minimum absolute atomic E-state index is 0.103. The normalized spacial score (nSPS) is 29.4. The predicted octanol–water partition coefficient (Wildman–Crippen LogP) is 2.28. The van der Waals surface area contributed by atoms with Crippen molar-refractivity contribution in [3.63, 3.8) is 0 Å². The molecule has 2 heterocycles. The van der Waals surface area contributed by atoms with E-state index in [9.17, 15) is 4.79 Å². The zero-order chi connectivity index (χ0) is 15.5. The van der Waals surface area contributed by atoms with Crippen molar-refractivity contribution >= 4 is 6.03 Å². The minimum atomic E-state index is 0.103. The second-order valence-electron chi connectivity index (χ2n) is 7.00. The Kier molecular flexibility index (Phi) is 4.64. The van der Waals surface area contributed by atoms with E-state index in [1.165, 1.54) is 12.8 Å². The third-order valence-corrected chi connectivity index (χ3v) is 5.08. The van der Waals surface area contributed by atoms with Crippen LogP contribution in [0, 0.1) is 5.92 Å². The zero-order valence-corrected chi connectivity index (χ0v) is 13.7. The molecule has 1 aromatic rings. The van der Waals surface area contributed by atoms with Crippen molar-refractivity contribution in [2.24, 2.45) is 13.0 Å². The third-order valence-electron chi connectivity index (χ3n) is 5.08. The number of likely N-dealkylation sites (tertiary alicyclic amines) is 1. The van der Waals surface area contributed by atoms with Gasteiger partial charge in [-0.2, -0.15) is 0 Å². The molecule has 1 aliphatic heterocycles. The van der Waals surface area contributed by atoms with E-state index in [0.29, 0.717) is 12.0 Å². The molecule has 1 saturated carbocycles. The Labute approximate surface area is 132 Å². The van der Waals surface area contributed by atoms with Crippen LogP contribution in [0.25, 0.3) is 0 Å². The highest BCUT2D eigenvalue weighted by atomic mass is 16.2. The first kappa shape index (κ1) is 15.3. The van der Waals surface area contributed by atoms with Gasteiger partial charge in [0.1, 0.15) is 12.2 Å². The summed E-state index contributed by atoms with van der Waals surface area (Å²) >= 11 is 0. The Morgan fingerprint density at radius 3 is 2.91 bits per heavy atom. The molecule has 0 aromatic carbocycles. The molecule has 0 unspecified atom stereocenters. The number of carbonyl (C=O) groups excluding carboxylic acids is 1. The summed E-state index contributed by atoms with van der Waals surface area (Å²) in [4.78, 5) is 14.5. The number of aryl methyl sites for hydroxylation is 1. The molecule has 1 N–H and O–H groups in total. The van der Waals surface area contributed by atoms with E-state index in [2.05, 4.69) is 22.4 Å². The third kappa shape index (κ3) is 3.42. The maximum absolute atomic E-state index is 12.5. The molecule has 1 aliphatic carbocycles. The van der Waals surface area contributed by atoms with Crippen LogP contribution in [0.15, 0.2) is 6.33 Å². The smallest absolute Gasteiger partial charge is 0.317 e. The maximum Gasteiger partial charge on any atom is 0.317 e. The number of piperidine rings is 1. The summed E-state index contributed by atoms with van der Waals surface area (Å²) in [6, 6.07) is 0.456. The Bertz CT molecular complexity index is 514. The fourth-order valence-electron chi connectivity index (χ4n) is 3.87. The van der Waals surface area contributed by atoms with Crippen molar-refractivity contribution < 1.29 is 4.79 Å². The van der Waals surface area contributed by atoms with Gasteiger partial charge in [-0.15, -0.1) is 10.2 Å². The average molecular weight is 305 g/mol. The van der Waals surface area contributed by atoms with Gasteiger partial charge >= 0.3 is 6.03 Å². The van der Waals surface area contributed by atoms with Gasteiger partial charge in [0.25, 0.3) is 0 Å². The van der Waals surface area contributed by atoms with Gasteiger partial charge in [-0.05, 0) is 31.6 Å². The number of hydrogen-bond acceptors (Lipinski definition) is 3. The number of nitrogens with zero attached hydrogens (tertiary/aromatic N) is 4. The Morgan fingerprint density at radius 1 is 1.32 bits per heavy atom. The number of nitrogens with one attached hydrogen (secondary N) is 1. The number of amides is 2. The lowest BCUT2D eigenvalue weighted by molar-refractivity contribution is 0.168. The first-order valence-corrected chi connectivity index (χ1v) is 8.53. The first-order valence-electron chi connectivity index (χ1n) is 8.53. The standard InChI is InChI=1S/C16H27N5O/c1-12-5-3-7-14(9-12)18-16(22)21-8-4-6-13(10-21)15-19-17-11-20(15)2/h11-14H,3-10H2,1-2H3,(H,18,22)/t12-,13+,14+/m1/s1. The molecule has 1 saturated heterocycles. The molecule has 2 fully saturated rings. The summed E-state index contributed by atoms with van der Waals surface area (Å²) in [6.07, 6.45) is 8.61. The van der Waals surface area contributed by atoms with E-state index < -0.39 is 0 Å². The van der Waals surface area contributed by atoms with Gasteiger partial charge in [-0.25, -0.2) is 4.79 Å². The fraction of sp³-hybridized carbons (Fsp3) is 0.812. The van der Waals surface area contributed by atoms with Gasteiger partial charge in [-0.3, -0.25) is 0 Å². The topological polar surface area (TPSA) is 63.1 Å². The fourth-order valence-corrected chi connectivity index (χ4v) is 3.87. The number of aromatic nitrogens is 3. The molecule has 3 rings (SSSR count). The molecule has 0 radical (unpaired) electrons. The van der Waals surface area contributed by atoms with Gasteiger partial charge < -0.3 is 14.8 Å². The SMILES string of the molecule is C[C@@H]1CCC[C@H](NC(=O)N2CCC[C@H](c3nncn3C)C2)C1. The summed E-state index contributed by atoms with van der Waals surface area (Å²) in [7, 11) is 1.97. The van der Waals surface area contributed by atoms with Crippen LogP contribution in [0.4, 0.5) is 4.79 Å². The van der Waals surface area contributed by atoms with Crippen LogP contribution in [0.3, 0.4) is 0 Å². The van der Waals surface area contributed by atoms with E-state index in [1.54, 1.807) is 6.33 Å². The summed E-state index contributed by atoms with van der Waals surface area (Å²) in [5.74, 6) is 2.02. The van der Waals surface area contributed by atoms with Gasteiger partial charge in [0.05, 0.1) is 0 Å². The van der Waals surface area contributed by atoms with Crippen molar-refractivity contribution in [1.82, 2.24) is 25.0 Å². The number of rotatable bonds is 2. The van der Waals surface area contributed by atoms with E-state index in [1.807, 2.05) is 16.5 Å². The van der Waals surface area contributed by atoms with Crippen LogP contribution in [-0.2, 0) is 7.05 Å². The molecular weight excluding hydrogens is 278 g/mol. The highest BCUT2D eigenvalue weighted by Crippen LogP contribution is 2.26. The van der Waals surface area contributed by atoms with Gasteiger partial charge in [0, 0.05) is 32.1 Å². The molecular formula is C16H27N5O. The molecule has 6 heteroatoms. The molecule has 1 aromatic heterocycles. The lowest BCUT2D eigenvalue weighted by Crippen LogP contribution is -2.49. The van der Waals surface area contributed by atoms with Gasteiger partial charge in [0.15, 0.2) is 0 Å². The molecule has 3 atom stereocenters. The summed E-state index contributed by atoms with van der Waals surface area (Å²) in [6.45, 7) is 3.88. The predicted molar refractivity (Wildman–Crippen MR) is 84.5 cm³/mol. The monoisotopic (exact) mass is 305 g/mol. The quantitative estimate of drug-likeness (QED) is 0.912. The molecule has 0 spiro atoms. The molecule has 2 amide bonds. The van der Waals surface area contributed by atoms with Crippen LogP contribution >= 0.6 is 0 Å². The summed E-state index contributed by atoms with van der Waals surface area (Å²) in [5, 5.41) is 11.4. The van der Waals surface area contributed by atoms with Gasteiger partial charge in [0.2, 0.25) is 0 Å². The Balaban J connectivity index is 1.57. The van der Waals surface area contributed by atoms with Crippen LogP contribution in [-0.4, -0.2) is 44.8 Å². The average Bonchev–Trinajstić information content (AvgIpc) is 2.93. The summed E-state index contributed by atoms with van der Waals surface area (Å²) in [5.41, 5.74) is 0. The maximum atomic E-state index is 12.5. The van der Waals surface area contributed by atoms with E-state index >= 15 is 0 Å². The second kappa shape index (κ2) is 6.67. The first-order chi connectivity index (χ1) is 10.6. The molecule has 22 heavy (non-hydrogen) atoms. The van der Waals surface area contributed by atoms with E-state index in [4.69, 9.17) is 0 Å². The van der Waals surface area contributed by atoms with Crippen molar-refractivity contribution in [3.8, 4) is 0 Å². The Hall–Kier alpha value is -1.59. The minimum Gasteiger partial charge on any atom is -0.335 e. The largest absolute Gasteiger partial charge is 0.335 e. The van der Waals surface area contributed by atoms with E-state index in [-0.39, 0.29) is 6.03 Å². The molecule has 0 bridgehead atoms. The highest BCUT2D eigenvalue weighted by Gasteiger charge is 2.29. The lowest BCUT2D eigenvalue weighted by Gasteiger charge is -2.35. The van der Waals surface area contributed by atoms with Gasteiger partial charge in [-0.1, -0.05) is 19.8 Å². The van der Waals surface area contributed by atoms with Crippen molar-refractivity contribution in [2.75, 3.05) is 13.1 Å². The molecule has 6 nitrogen and oxygen atoms in total. The van der Waals surface area contributed by atoms with Crippen molar-refractivity contribution in [3.05, 3.63) is 12.2 Å². The number of hydrogen-bond donors (Lipinski definition) is 1. The number of urea groups is 1. The van der Waals surface area contributed by atoms with Crippen LogP contribution in [0.2, 0.25) is 0 Å². The molecule has 2 aliphatic rings. The van der Waals surface area contributed by atoms with Crippen LogP contribution in [0.1, 0.15) is 57.2 Å². The number of carbonyl (C=O) groups is 1. The lowest BCUT2D eigenvalue weighted by atomic mass is 9.87. The van der Waals surface area contributed by atoms with Crippen LogP contribution < -0.4 is 5.32 Å². The highest BCUT2D eigenvalue weighted by molar-refractivity contribution is 5.74.